The van der Waals surface area contributed by atoms with E-state index in [0.717, 1.165) is 45.2 Å². The molecular weight excluding hydrogens is 1400 g/mol. The zero-order valence-corrected chi connectivity index (χ0v) is 69.3. The molecule has 8 aromatic heterocycles. The van der Waals surface area contributed by atoms with Crippen LogP contribution in [0, 0.1) is 104 Å². The Morgan fingerprint density at radius 1 is 0.304 bits per heavy atom. The minimum Gasteiger partial charge on any atom is -0.238 e. The molecule has 115 heavy (non-hydrogen) atoms. The van der Waals surface area contributed by atoms with Gasteiger partial charge in [-0.05, 0) is 169 Å². The molecule has 8 heterocycles. The summed E-state index contributed by atoms with van der Waals surface area (Å²) in [5.41, 5.74) is 34.9. The average Bonchev–Trinajstić information content (AvgIpc) is 0.755. The van der Waals surface area contributed by atoms with Crippen molar-refractivity contribution in [2.75, 3.05) is 0 Å². The van der Waals surface area contributed by atoms with E-state index in [0.29, 0.717) is 5.69 Å². The van der Waals surface area contributed by atoms with Crippen molar-refractivity contribution in [1.82, 2.24) is 4.98 Å². The lowest BCUT2D eigenvalue weighted by Gasteiger charge is -2.14. The van der Waals surface area contributed by atoms with Crippen LogP contribution in [0.4, 0.5) is 5.69 Å². The molecule has 0 bridgehead atoms. The highest BCUT2D eigenvalue weighted by atomic mass is 15.1. The molecule has 562 valence electrons. The molecule has 18 aromatic rings. The van der Waals surface area contributed by atoms with Gasteiger partial charge < -0.3 is 0 Å². The molecule has 0 unspecified atom stereocenters. The number of aromatic nitrogens is 9. The quantitative estimate of drug-likeness (QED) is 0.110. The lowest BCUT2D eigenvalue weighted by Crippen LogP contribution is -2.39. The fourth-order valence-electron chi connectivity index (χ4n) is 17.4. The van der Waals surface area contributed by atoms with Gasteiger partial charge in [0, 0.05) is 191 Å². The van der Waals surface area contributed by atoms with Crippen molar-refractivity contribution in [2.45, 2.75) is 96.9 Å². The summed E-state index contributed by atoms with van der Waals surface area (Å²) in [7, 11) is 6.47. The van der Waals surface area contributed by atoms with Gasteiger partial charge in [-0.2, -0.15) is 36.5 Å². The van der Waals surface area contributed by atoms with Crippen LogP contribution in [0.15, 0.2) is 298 Å². The first-order valence-corrected chi connectivity index (χ1v) is 39.6. The maximum atomic E-state index is 7.80. The van der Waals surface area contributed by atoms with Crippen molar-refractivity contribution in [1.29, 1.82) is 0 Å². The molecule has 0 fully saturated rings. The van der Waals surface area contributed by atoms with Crippen molar-refractivity contribution in [3.63, 3.8) is 0 Å². The Bertz CT molecular complexity index is 6870. The Morgan fingerprint density at radius 2 is 0.791 bits per heavy atom. The molecule has 10 nitrogen and oxygen atoms in total. The number of hydrogen-bond donors (Lipinski definition) is 0. The molecule has 0 aliphatic heterocycles. The van der Waals surface area contributed by atoms with Crippen molar-refractivity contribution >= 4 is 70.8 Å². The molecule has 10 aromatic carbocycles. The summed E-state index contributed by atoms with van der Waals surface area (Å²) in [4.78, 5) is 8.22. The lowest BCUT2D eigenvalue weighted by molar-refractivity contribution is -0.634. The molecule has 0 N–H and O–H groups in total. The molecule has 0 radical (unpaired) electrons. The van der Waals surface area contributed by atoms with Gasteiger partial charge in [0.15, 0.2) is 47.1 Å². The Hall–Kier alpha value is -13.6. The van der Waals surface area contributed by atoms with Crippen molar-refractivity contribution in [2.24, 2.45) is 21.1 Å². The van der Waals surface area contributed by atoms with E-state index in [1.165, 1.54) is 161 Å². The van der Waals surface area contributed by atoms with E-state index in [-0.39, 0.29) is 0 Å². The fraction of sp³-hybridized carbons (Fsp3) is 0.162. The topological polar surface area (TPSA) is 48.3 Å². The third-order valence-electron chi connectivity index (χ3n) is 23.1. The zero-order chi connectivity index (χ0) is 80.6. The van der Waals surface area contributed by atoms with Crippen molar-refractivity contribution in [3.8, 4) is 62.2 Å². The molecule has 0 spiro atoms. The molecule has 0 atom stereocenters. The van der Waals surface area contributed by atoms with Gasteiger partial charge in [0.2, 0.25) is 61.9 Å². The number of nitrogens with zero attached hydrogens (tertiary/aromatic N) is 10. The van der Waals surface area contributed by atoms with Gasteiger partial charge in [-0.3, -0.25) is 0 Å². The molecule has 0 saturated heterocycles. The number of pyridine rings is 7. The molecular formula is C105H100N10+8. The van der Waals surface area contributed by atoms with Crippen LogP contribution in [0.2, 0.25) is 0 Å². The Kier molecular flexibility index (Phi) is 21.5. The van der Waals surface area contributed by atoms with Gasteiger partial charge in [0.05, 0.1) is 23.3 Å². The number of fused-ring (bicyclic) bond motifs is 6. The molecule has 10 heteroatoms. The van der Waals surface area contributed by atoms with Crippen molar-refractivity contribution < 1.29 is 36.5 Å². The largest absolute Gasteiger partial charge is 0.300 e. The standard InChI is InChI=1S/C29H25N3.2C29H28N2.C18H19N3/c1-19-16-23-11-7-8-12-26(23)31(5)29(19)25-17-24(30-4)18-28(21(25)3)32-20(2)14-15-22-10-6-9-13-27(22)32;1-19-16-20(2)29(31-18-25-12-7-6-11-24(25)17-21(31)3)22(4)28(19)27-15-14-23-10-8-9-13-26(23)30(27)5;1-19-14-26(29-20(2)16-24-11-8-9-13-27(24)30(29)5)22(4)28(15-19)31-18-25-12-7-6-10-23(25)17-21(31)3;1-14-8-4-5-12-20(14)17-9-6-10-18(15(17)2)21-13-7-11-19-16(21)3/h6-18H,1-3,5H3;2*6-18H,1-5H3;4-13H,1-3H3/q4*+2. The summed E-state index contributed by atoms with van der Waals surface area (Å²) < 4.78 is 18.2. The predicted molar refractivity (Wildman–Crippen MR) is 469 cm³/mol. The second-order valence-electron chi connectivity index (χ2n) is 30.9. The van der Waals surface area contributed by atoms with Gasteiger partial charge in [-0.1, -0.05) is 102 Å². The van der Waals surface area contributed by atoms with Crippen LogP contribution in [0.1, 0.15) is 78.7 Å². The summed E-state index contributed by atoms with van der Waals surface area (Å²) in [6.07, 6.45) is 10.5. The molecule has 18 rings (SSSR count). The summed E-state index contributed by atoms with van der Waals surface area (Å²) in [5.74, 6) is 0.979. The SMILES string of the molecule is Cc1c(-[n+]2ccccc2C)cccc1-[n+]1cccnc1C.Cc1cc(-c2c(C)cc3ccccc3[n+]2C)c(C)c(-[n+]2cc3ccccc3cc2C)c1.Cc1cc(C)c(-[n+]2cc3ccccc3cc2C)c(C)c1-c1ccc2ccccc2[n+]1C.[C-]#[N+]c1cc(-c2c(C)cc3ccccc3[n+]2C)c(C)c(-[n+]2c(C)ccc3ccccc32)c1. The highest BCUT2D eigenvalue weighted by Crippen LogP contribution is 2.36. The van der Waals surface area contributed by atoms with Crippen LogP contribution < -0.4 is 36.5 Å². The predicted octanol–water partition coefficient (Wildman–Crippen LogP) is 20.8. The van der Waals surface area contributed by atoms with E-state index in [9.17, 15) is 0 Å². The van der Waals surface area contributed by atoms with Gasteiger partial charge in [-0.25, -0.2) is 4.85 Å². The number of rotatable bonds is 8. The second-order valence-corrected chi connectivity index (χ2v) is 30.9. The van der Waals surface area contributed by atoms with Gasteiger partial charge in [0.25, 0.3) is 5.82 Å². The van der Waals surface area contributed by atoms with E-state index in [1.54, 1.807) is 0 Å². The molecule has 0 aliphatic rings. The van der Waals surface area contributed by atoms with E-state index < -0.39 is 0 Å². The third kappa shape index (κ3) is 14.8. The van der Waals surface area contributed by atoms with Gasteiger partial charge in [-0.15, -0.1) is 0 Å². The Balaban J connectivity index is 0.000000122. The van der Waals surface area contributed by atoms with Crippen LogP contribution in [0.5, 0.6) is 0 Å². The van der Waals surface area contributed by atoms with Crippen LogP contribution >= 0.6 is 0 Å². The fourth-order valence-corrected chi connectivity index (χ4v) is 17.4. The monoisotopic (exact) mass is 1500 g/mol. The normalized spacial score (nSPS) is 11.2. The summed E-state index contributed by atoms with van der Waals surface area (Å²) in [6.45, 7) is 38.3. The third-order valence-corrected chi connectivity index (χ3v) is 23.1. The van der Waals surface area contributed by atoms with E-state index in [4.69, 9.17) is 6.57 Å². The molecule has 0 saturated carbocycles. The lowest BCUT2D eigenvalue weighted by atomic mass is 9.93. The highest BCUT2D eigenvalue weighted by molar-refractivity contribution is 5.86. The first-order valence-electron chi connectivity index (χ1n) is 39.6. The first kappa shape index (κ1) is 76.7. The van der Waals surface area contributed by atoms with Crippen LogP contribution in [0.25, 0.3) is 132 Å². The zero-order valence-electron chi connectivity index (χ0n) is 69.3. The first-order chi connectivity index (χ1) is 55.6. The minimum atomic E-state index is 0.646. The van der Waals surface area contributed by atoms with Crippen molar-refractivity contribution in [3.05, 3.63) is 388 Å². The van der Waals surface area contributed by atoms with Gasteiger partial charge in [0.1, 0.15) is 39.2 Å². The van der Waals surface area contributed by atoms with Crippen LogP contribution in [-0.4, -0.2) is 4.98 Å². The van der Waals surface area contributed by atoms with Crippen LogP contribution in [0.3, 0.4) is 0 Å². The summed E-state index contributed by atoms with van der Waals surface area (Å²) in [5, 5.41) is 9.99. The summed E-state index contributed by atoms with van der Waals surface area (Å²) in [6, 6.07) is 94.7. The van der Waals surface area contributed by atoms with Crippen LogP contribution in [-0.2, 0) is 21.1 Å². The second kappa shape index (κ2) is 32.2. The minimum absolute atomic E-state index is 0.646. The maximum Gasteiger partial charge on any atom is 0.300 e. The van der Waals surface area contributed by atoms with Gasteiger partial charge >= 0.3 is 0 Å². The molecule has 0 amide bonds. The highest BCUT2D eigenvalue weighted by Gasteiger charge is 2.31. The maximum absolute atomic E-state index is 7.80. The smallest absolute Gasteiger partial charge is 0.238 e. The summed E-state index contributed by atoms with van der Waals surface area (Å²) >= 11 is 0. The Labute approximate surface area is 676 Å². The number of benzene rings is 10. The molecule has 0 aliphatic carbocycles. The Morgan fingerprint density at radius 3 is 1.38 bits per heavy atom. The van der Waals surface area contributed by atoms with E-state index >= 15 is 0 Å². The van der Waals surface area contributed by atoms with E-state index in [2.05, 4.69) is 431 Å². The number of hydrogen-bond acceptors (Lipinski definition) is 1. The number of aryl methyl sites for hydroxylation is 13. The van der Waals surface area contributed by atoms with E-state index in [1.807, 2.05) is 31.3 Å². The average molecular weight is 1500 g/mol. The number of para-hydroxylation sites is 4.